The van der Waals surface area contributed by atoms with Crippen LogP contribution >= 0.6 is 23.1 Å². The van der Waals surface area contributed by atoms with Crippen LogP contribution in [0.3, 0.4) is 0 Å². The highest BCUT2D eigenvalue weighted by molar-refractivity contribution is 8.01. The summed E-state index contributed by atoms with van der Waals surface area (Å²) in [4.78, 5) is 29.4. The van der Waals surface area contributed by atoms with Gasteiger partial charge in [0.2, 0.25) is 5.91 Å². The molecule has 5 nitrogen and oxygen atoms in total. The van der Waals surface area contributed by atoms with Crippen molar-refractivity contribution in [1.29, 1.82) is 0 Å². The summed E-state index contributed by atoms with van der Waals surface area (Å²) in [7, 11) is 0. The third-order valence-corrected chi connectivity index (χ3v) is 6.16. The van der Waals surface area contributed by atoms with E-state index in [9.17, 15) is 9.59 Å². The Morgan fingerprint density at radius 2 is 1.82 bits per heavy atom. The normalized spacial score (nSPS) is 11.6. The Hall–Kier alpha value is -2.64. The Morgan fingerprint density at radius 3 is 2.54 bits per heavy atom. The first kappa shape index (κ1) is 20.1. The average molecular weight is 412 g/mol. The highest BCUT2D eigenvalue weighted by Gasteiger charge is 2.16. The van der Waals surface area contributed by atoms with E-state index in [4.69, 9.17) is 0 Å². The molecule has 0 spiro atoms. The fraction of sp³-hybridized carbons (Fsp3) is 0.190. The summed E-state index contributed by atoms with van der Waals surface area (Å²) in [5.41, 5.74) is 2.91. The van der Waals surface area contributed by atoms with Crippen molar-refractivity contribution in [2.75, 3.05) is 11.1 Å². The van der Waals surface area contributed by atoms with Crippen LogP contribution in [-0.2, 0) is 4.79 Å². The number of amides is 2. The maximum Gasteiger partial charge on any atom is 0.253 e. The van der Waals surface area contributed by atoms with Crippen LogP contribution in [0.25, 0.3) is 0 Å². The molecule has 0 radical (unpaired) electrons. The molecule has 1 heterocycles. The second-order valence-electron chi connectivity index (χ2n) is 6.24. The summed E-state index contributed by atoms with van der Waals surface area (Å²) in [6.45, 7) is 3.85. The van der Waals surface area contributed by atoms with Crippen LogP contribution < -0.4 is 10.6 Å². The number of carbonyl (C=O) groups is 2. The standard InChI is InChI=1S/C21H21N3O2S2/c1-14-12-27-21(22-14)28-13-19(25)24-18-11-7-6-10-17(18)20(26)23-15(2)16-8-4-3-5-9-16/h3-12,15H,13H2,1-2H3,(H,23,26)(H,24,25)/t15-/m1/s1. The molecule has 0 aliphatic heterocycles. The van der Waals surface area contributed by atoms with E-state index >= 15 is 0 Å². The van der Waals surface area contributed by atoms with Crippen molar-refractivity contribution in [3.63, 3.8) is 0 Å². The highest BCUT2D eigenvalue weighted by atomic mass is 32.2. The molecule has 0 aliphatic carbocycles. The van der Waals surface area contributed by atoms with Crippen molar-refractivity contribution in [2.45, 2.75) is 24.2 Å². The van der Waals surface area contributed by atoms with Crippen LogP contribution in [0.4, 0.5) is 5.69 Å². The largest absolute Gasteiger partial charge is 0.345 e. The second kappa shape index (κ2) is 9.52. The zero-order valence-electron chi connectivity index (χ0n) is 15.6. The molecule has 0 aliphatic rings. The van der Waals surface area contributed by atoms with E-state index < -0.39 is 0 Å². The van der Waals surface area contributed by atoms with Crippen LogP contribution in [0.1, 0.15) is 34.6 Å². The number of hydrogen-bond donors (Lipinski definition) is 2. The summed E-state index contributed by atoms with van der Waals surface area (Å²) in [6.07, 6.45) is 0. The molecule has 0 bridgehead atoms. The predicted octanol–water partition coefficient (Wildman–Crippen LogP) is 4.67. The summed E-state index contributed by atoms with van der Waals surface area (Å²) >= 11 is 2.90. The molecular weight excluding hydrogens is 390 g/mol. The van der Waals surface area contributed by atoms with E-state index in [1.54, 1.807) is 24.3 Å². The van der Waals surface area contributed by atoms with Gasteiger partial charge in [0, 0.05) is 11.1 Å². The van der Waals surface area contributed by atoms with Crippen LogP contribution in [0.5, 0.6) is 0 Å². The zero-order valence-corrected chi connectivity index (χ0v) is 17.3. The Labute approximate surface area is 172 Å². The molecule has 3 aromatic rings. The fourth-order valence-electron chi connectivity index (χ4n) is 2.60. The lowest BCUT2D eigenvalue weighted by molar-refractivity contribution is -0.113. The molecule has 0 saturated carbocycles. The van der Waals surface area contributed by atoms with Crippen LogP contribution in [0.15, 0.2) is 64.3 Å². The predicted molar refractivity (Wildman–Crippen MR) is 115 cm³/mol. The van der Waals surface area contributed by atoms with E-state index in [1.165, 1.54) is 23.1 Å². The van der Waals surface area contributed by atoms with Gasteiger partial charge in [-0.1, -0.05) is 54.2 Å². The summed E-state index contributed by atoms with van der Waals surface area (Å²) in [5.74, 6) is -0.159. The van der Waals surface area contributed by atoms with Crippen molar-refractivity contribution in [3.05, 3.63) is 76.8 Å². The molecule has 0 unspecified atom stereocenters. The maximum atomic E-state index is 12.7. The van der Waals surface area contributed by atoms with Gasteiger partial charge in [-0.2, -0.15) is 0 Å². The van der Waals surface area contributed by atoms with Gasteiger partial charge < -0.3 is 10.6 Å². The summed E-state index contributed by atoms with van der Waals surface area (Å²) in [5, 5.41) is 7.77. The van der Waals surface area contributed by atoms with Gasteiger partial charge in [-0.3, -0.25) is 9.59 Å². The van der Waals surface area contributed by atoms with E-state index in [-0.39, 0.29) is 23.6 Å². The Morgan fingerprint density at radius 1 is 1.11 bits per heavy atom. The Balaban J connectivity index is 1.63. The van der Waals surface area contributed by atoms with Crippen molar-refractivity contribution in [2.24, 2.45) is 0 Å². The first-order valence-corrected chi connectivity index (χ1v) is 10.7. The molecule has 0 saturated heterocycles. The number of hydrogen-bond acceptors (Lipinski definition) is 5. The van der Waals surface area contributed by atoms with Crippen LogP contribution in [-0.4, -0.2) is 22.6 Å². The Kier molecular flexibility index (Phi) is 6.84. The number of nitrogens with one attached hydrogen (secondary N) is 2. The fourth-order valence-corrected chi connectivity index (χ4v) is 4.25. The van der Waals surface area contributed by atoms with Gasteiger partial charge in [0.1, 0.15) is 0 Å². The van der Waals surface area contributed by atoms with Gasteiger partial charge in [-0.25, -0.2) is 4.98 Å². The number of thioether (sulfide) groups is 1. The number of benzene rings is 2. The number of thiazole rings is 1. The second-order valence-corrected chi connectivity index (χ2v) is 8.32. The smallest absolute Gasteiger partial charge is 0.253 e. The molecular formula is C21H21N3O2S2. The quantitative estimate of drug-likeness (QED) is 0.554. The number of aryl methyl sites for hydroxylation is 1. The SMILES string of the molecule is Cc1csc(SCC(=O)Nc2ccccc2C(=O)N[C@H](C)c2ccccc2)n1. The number of para-hydroxylation sites is 1. The molecule has 1 aromatic heterocycles. The van der Waals surface area contributed by atoms with Crippen molar-refractivity contribution < 1.29 is 9.59 Å². The minimum Gasteiger partial charge on any atom is -0.345 e. The van der Waals surface area contributed by atoms with Crippen LogP contribution in [0, 0.1) is 6.92 Å². The van der Waals surface area contributed by atoms with E-state index in [0.29, 0.717) is 11.3 Å². The molecule has 1 atom stereocenters. The number of aromatic nitrogens is 1. The Bertz CT molecular complexity index is 957. The van der Waals surface area contributed by atoms with Gasteiger partial charge >= 0.3 is 0 Å². The molecule has 7 heteroatoms. The van der Waals surface area contributed by atoms with Gasteiger partial charge in [-0.05, 0) is 31.5 Å². The number of anilines is 1. The van der Waals surface area contributed by atoms with Gasteiger partial charge in [-0.15, -0.1) is 11.3 Å². The molecule has 28 heavy (non-hydrogen) atoms. The van der Waals surface area contributed by atoms with Crippen LogP contribution in [0.2, 0.25) is 0 Å². The van der Waals surface area contributed by atoms with E-state index in [0.717, 1.165) is 15.6 Å². The zero-order chi connectivity index (χ0) is 19.9. The first-order chi connectivity index (χ1) is 13.5. The lowest BCUT2D eigenvalue weighted by Gasteiger charge is -2.16. The first-order valence-electron chi connectivity index (χ1n) is 8.82. The third-order valence-electron chi connectivity index (χ3n) is 4.02. The molecule has 0 fully saturated rings. The molecule has 2 N–H and O–H groups in total. The van der Waals surface area contributed by atoms with Crippen molar-refractivity contribution in [3.8, 4) is 0 Å². The molecule has 2 aromatic carbocycles. The number of nitrogens with zero attached hydrogens (tertiary/aromatic N) is 1. The lowest BCUT2D eigenvalue weighted by atomic mass is 10.1. The highest BCUT2D eigenvalue weighted by Crippen LogP contribution is 2.23. The minimum absolute atomic E-state index is 0.138. The van der Waals surface area contributed by atoms with Crippen molar-refractivity contribution >= 4 is 40.6 Å². The number of carbonyl (C=O) groups excluding carboxylic acids is 2. The summed E-state index contributed by atoms with van der Waals surface area (Å²) in [6, 6.07) is 16.6. The third kappa shape index (κ3) is 5.43. The van der Waals surface area contributed by atoms with Crippen molar-refractivity contribution in [1.82, 2.24) is 10.3 Å². The molecule has 144 valence electrons. The van der Waals surface area contributed by atoms with E-state index in [2.05, 4.69) is 15.6 Å². The minimum atomic E-state index is -0.226. The number of rotatable bonds is 7. The van der Waals surface area contributed by atoms with Gasteiger partial charge in [0.15, 0.2) is 4.34 Å². The monoisotopic (exact) mass is 411 g/mol. The molecule has 2 amide bonds. The topological polar surface area (TPSA) is 71.1 Å². The van der Waals surface area contributed by atoms with Gasteiger partial charge in [0.05, 0.1) is 23.0 Å². The lowest BCUT2D eigenvalue weighted by Crippen LogP contribution is -2.28. The average Bonchev–Trinajstić information content (AvgIpc) is 3.12. The van der Waals surface area contributed by atoms with Gasteiger partial charge in [0.25, 0.3) is 5.91 Å². The van der Waals surface area contributed by atoms with E-state index in [1.807, 2.05) is 49.6 Å². The maximum absolute atomic E-state index is 12.7. The molecule has 3 rings (SSSR count). The summed E-state index contributed by atoms with van der Waals surface area (Å²) < 4.78 is 0.857.